The lowest BCUT2D eigenvalue weighted by atomic mass is 9.98. The highest BCUT2D eigenvalue weighted by Gasteiger charge is 2.25. The number of hydrogen-bond acceptors (Lipinski definition) is 5. The molecule has 0 aliphatic heterocycles. The molecule has 2 aromatic heterocycles. The molecule has 0 radical (unpaired) electrons. The Bertz CT molecular complexity index is 562. The van der Waals surface area contributed by atoms with Gasteiger partial charge < -0.3 is 10.2 Å². The SMILES string of the molecule is CNC1CCCc2nc(N(C)C(C)c3cccs3)sc21. The minimum absolute atomic E-state index is 0.385. The molecule has 0 spiro atoms. The van der Waals surface area contributed by atoms with E-state index in [1.807, 2.05) is 22.7 Å². The van der Waals surface area contributed by atoms with Gasteiger partial charge in [0.15, 0.2) is 5.13 Å². The highest BCUT2D eigenvalue weighted by atomic mass is 32.1. The van der Waals surface area contributed by atoms with Crippen molar-refractivity contribution < 1.29 is 0 Å². The molecule has 0 amide bonds. The van der Waals surface area contributed by atoms with Gasteiger partial charge in [0.05, 0.1) is 11.7 Å². The molecule has 2 atom stereocenters. The lowest BCUT2D eigenvalue weighted by Crippen LogP contribution is -2.20. The van der Waals surface area contributed by atoms with Gasteiger partial charge in [-0.2, -0.15) is 0 Å². The molecule has 2 heterocycles. The Hall–Kier alpha value is -0.910. The van der Waals surface area contributed by atoms with E-state index >= 15 is 0 Å². The van der Waals surface area contributed by atoms with Crippen LogP contribution in [0.4, 0.5) is 5.13 Å². The molecular formula is C15H21N3S2. The number of aromatic nitrogens is 1. The van der Waals surface area contributed by atoms with Crippen LogP contribution >= 0.6 is 22.7 Å². The van der Waals surface area contributed by atoms with Gasteiger partial charge >= 0.3 is 0 Å². The molecule has 0 aromatic carbocycles. The normalized spacial score (nSPS) is 19.6. The second-order valence-electron chi connectivity index (χ2n) is 5.34. The molecule has 2 unspecified atom stereocenters. The monoisotopic (exact) mass is 307 g/mol. The van der Waals surface area contributed by atoms with Gasteiger partial charge in [0.25, 0.3) is 0 Å². The molecule has 0 saturated carbocycles. The van der Waals surface area contributed by atoms with Crippen LogP contribution in [0.1, 0.15) is 47.3 Å². The number of thiophene rings is 1. The maximum Gasteiger partial charge on any atom is 0.186 e. The van der Waals surface area contributed by atoms with E-state index in [1.54, 1.807) is 0 Å². The van der Waals surface area contributed by atoms with Gasteiger partial charge in [-0.05, 0) is 44.7 Å². The molecule has 20 heavy (non-hydrogen) atoms. The second-order valence-corrected chi connectivity index (χ2v) is 7.33. The third kappa shape index (κ3) is 2.50. The molecule has 3 nitrogen and oxygen atoms in total. The van der Waals surface area contributed by atoms with Crippen LogP contribution in [0.25, 0.3) is 0 Å². The average molecular weight is 307 g/mol. The molecule has 0 saturated heterocycles. The lowest BCUT2D eigenvalue weighted by molar-refractivity contribution is 0.501. The summed E-state index contributed by atoms with van der Waals surface area (Å²) in [6.45, 7) is 2.25. The standard InChI is InChI=1S/C15H21N3S2/c1-10(13-8-5-9-19-13)18(3)15-17-12-7-4-6-11(16-2)14(12)20-15/h5,8-11,16H,4,6-7H2,1-3H3. The minimum atomic E-state index is 0.385. The third-order valence-corrected chi connectivity index (χ3v) is 6.47. The van der Waals surface area contributed by atoms with Crippen LogP contribution in [0.15, 0.2) is 17.5 Å². The second kappa shape index (κ2) is 5.84. The summed E-state index contributed by atoms with van der Waals surface area (Å²) in [5.41, 5.74) is 1.31. The first-order valence-electron chi connectivity index (χ1n) is 7.13. The number of anilines is 1. The van der Waals surface area contributed by atoms with Crippen molar-refractivity contribution in [2.24, 2.45) is 0 Å². The summed E-state index contributed by atoms with van der Waals surface area (Å²) < 4.78 is 0. The first-order valence-corrected chi connectivity index (χ1v) is 8.83. The van der Waals surface area contributed by atoms with Crippen LogP contribution in [0.2, 0.25) is 0 Å². The van der Waals surface area contributed by atoms with Gasteiger partial charge in [-0.15, -0.1) is 11.3 Å². The zero-order valence-electron chi connectivity index (χ0n) is 12.2. The van der Waals surface area contributed by atoms with Crippen LogP contribution in [0.3, 0.4) is 0 Å². The Kier molecular flexibility index (Phi) is 4.10. The average Bonchev–Trinajstić information content (AvgIpc) is 3.13. The van der Waals surface area contributed by atoms with Gasteiger partial charge in [-0.25, -0.2) is 4.98 Å². The van der Waals surface area contributed by atoms with Crippen LogP contribution in [0.5, 0.6) is 0 Å². The summed E-state index contributed by atoms with van der Waals surface area (Å²) in [5, 5.41) is 6.72. The predicted octanol–water partition coefficient (Wildman–Crippen LogP) is 4.00. The maximum atomic E-state index is 4.89. The number of aryl methyl sites for hydroxylation is 1. The molecule has 5 heteroatoms. The van der Waals surface area contributed by atoms with Crippen LogP contribution in [0, 0.1) is 0 Å². The first-order chi connectivity index (χ1) is 9.70. The predicted molar refractivity (Wildman–Crippen MR) is 88.0 cm³/mol. The zero-order valence-corrected chi connectivity index (χ0v) is 13.9. The number of thiazole rings is 1. The fraction of sp³-hybridized carbons (Fsp3) is 0.533. The molecular weight excluding hydrogens is 286 g/mol. The van der Waals surface area contributed by atoms with Crippen molar-refractivity contribution in [3.63, 3.8) is 0 Å². The molecule has 2 aromatic rings. The van der Waals surface area contributed by atoms with E-state index in [0.717, 1.165) is 11.6 Å². The zero-order chi connectivity index (χ0) is 14.1. The van der Waals surface area contributed by atoms with Crippen molar-refractivity contribution in [2.75, 3.05) is 19.0 Å². The van der Waals surface area contributed by atoms with E-state index in [-0.39, 0.29) is 0 Å². The topological polar surface area (TPSA) is 28.2 Å². The Morgan fingerprint density at radius 3 is 3.05 bits per heavy atom. The lowest BCUT2D eigenvalue weighted by Gasteiger charge is -2.23. The van der Waals surface area contributed by atoms with Crippen molar-refractivity contribution in [1.29, 1.82) is 0 Å². The van der Waals surface area contributed by atoms with Crippen molar-refractivity contribution >= 4 is 27.8 Å². The van der Waals surface area contributed by atoms with E-state index in [2.05, 4.69) is 48.7 Å². The highest BCUT2D eigenvalue weighted by molar-refractivity contribution is 7.15. The molecule has 1 N–H and O–H groups in total. The largest absolute Gasteiger partial charge is 0.344 e. The Labute approximate surface area is 128 Å². The highest BCUT2D eigenvalue weighted by Crippen LogP contribution is 2.39. The Morgan fingerprint density at radius 2 is 2.35 bits per heavy atom. The van der Waals surface area contributed by atoms with Gasteiger partial charge in [0.1, 0.15) is 0 Å². The van der Waals surface area contributed by atoms with E-state index in [0.29, 0.717) is 12.1 Å². The number of hydrogen-bond donors (Lipinski definition) is 1. The van der Waals surface area contributed by atoms with E-state index in [4.69, 9.17) is 4.98 Å². The van der Waals surface area contributed by atoms with Gasteiger partial charge in [0, 0.05) is 22.8 Å². The van der Waals surface area contributed by atoms with E-state index < -0.39 is 0 Å². The fourth-order valence-corrected chi connectivity index (χ4v) is 4.84. The van der Waals surface area contributed by atoms with E-state index in [9.17, 15) is 0 Å². The third-order valence-electron chi connectivity index (χ3n) is 4.13. The Balaban J connectivity index is 1.86. The number of nitrogens with zero attached hydrogens (tertiary/aromatic N) is 2. The van der Waals surface area contributed by atoms with E-state index in [1.165, 1.54) is 28.3 Å². The van der Waals surface area contributed by atoms with Crippen LogP contribution in [-0.4, -0.2) is 19.1 Å². The summed E-state index contributed by atoms with van der Waals surface area (Å²) in [4.78, 5) is 10.0. The minimum Gasteiger partial charge on any atom is -0.344 e. The van der Waals surface area contributed by atoms with Gasteiger partial charge in [0.2, 0.25) is 0 Å². The van der Waals surface area contributed by atoms with Crippen molar-refractivity contribution in [1.82, 2.24) is 10.3 Å². The summed E-state index contributed by atoms with van der Waals surface area (Å²) in [7, 11) is 4.21. The molecule has 0 bridgehead atoms. The smallest absolute Gasteiger partial charge is 0.186 e. The molecule has 1 aliphatic carbocycles. The Morgan fingerprint density at radius 1 is 1.50 bits per heavy atom. The summed E-state index contributed by atoms with van der Waals surface area (Å²) in [6.07, 6.45) is 3.60. The van der Waals surface area contributed by atoms with Crippen molar-refractivity contribution in [3.05, 3.63) is 33.0 Å². The maximum absolute atomic E-state index is 4.89. The molecule has 3 rings (SSSR count). The number of rotatable bonds is 4. The van der Waals surface area contributed by atoms with Crippen LogP contribution < -0.4 is 10.2 Å². The van der Waals surface area contributed by atoms with Crippen molar-refractivity contribution in [3.8, 4) is 0 Å². The summed E-state index contributed by atoms with van der Waals surface area (Å²) >= 11 is 3.68. The van der Waals surface area contributed by atoms with Crippen molar-refractivity contribution in [2.45, 2.75) is 38.3 Å². The first kappa shape index (κ1) is 14.0. The summed E-state index contributed by atoms with van der Waals surface area (Å²) in [5.74, 6) is 0. The quantitative estimate of drug-likeness (QED) is 0.925. The van der Waals surface area contributed by atoms with Gasteiger partial charge in [-0.3, -0.25) is 0 Å². The number of nitrogens with one attached hydrogen (secondary N) is 1. The van der Waals surface area contributed by atoms with Crippen LogP contribution in [-0.2, 0) is 6.42 Å². The fourth-order valence-electron chi connectivity index (χ4n) is 2.72. The number of fused-ring (bicyclic) bond motifs is 1. The molecule has 1 aliphatic rings. The summed E-state index contributed by atoms with van der Waals surface area (Å²) in [6, 6.07) is 5.20. The van der Waals surface area contributed by atoms with Gasteiger partial charge in [-0.1, -0.05) is 17.4 Å². The molecule has 108 valence electrons. The molecule has 0 fully saturated rings.